The molecule has 1 aliphatic rings. The highest BCUT2D eigenvalue weighted by atomic mass is 16.4. The van der Waals surface area contributed by atoms with Gasteiger partial charge in [0, 0.05) is 26.7 Å². The zero-order valence-corrected chi connectivity index (χ0v) is 21.3. The lowest BCUT2D eigenvalue weighted by Gasteiger charge is -2.32. The lowest BCUT2D eigenvalue weighted by atomic mass is 10.0. The van der Waals surface area contributed by atoms with E-state index >= 15 is 0 Å². The molecule has 194 valence electrons. The molecule has 1 aliphatic heterocycles. The van der Waals surface area contributed by atoms with Crippen LogP contribution in [0.5, 0.6) is 0 Å². The van der Waals surface area contributed by atoms with E-state index in [1.165, 1.54) is 0 Å². The van der Waals surface area contributed by atoms with Gasteiger partial charge in [-0.2, -0.15) is 5.26 Å². The molecule has 5 rings (SSSR count). The van der Waals surface area contributed by atoms with Crippen molar-refractivity contribution in [3.8, 4) is 6.07 Å². The number of carbonyl (C=O) groups excluding carboxylic acids is 1. The predicted octanol–water partition coefficient (Wildman–Crippen LogP) is 3.32. The van der Waals surface area contributed by atoms with Gasteiger partial charge in [-0.25, -0.2) is 4.79 Å². The Kier molecular flexibility index (Phi) is 7.40. The van der Waals surface area contributed by atoms with E-state index in [-0.39, 0.29) is 24.5 Å². The Labute approximate surface area is 220 Å². The minimum absolute atomic E-state index is 0.0394. The average Bonchev–Trinajstić information content (AvgIpc) is 3.49. The summed E-state index contributed by atoms with van der Waals surface area (Å²) >= 11 is 0. The van der Waals surface area contributed by atoms with Crippen molar-refractivity contribution in [2.75, 3.05) is 26.7 Å². The number of hydrogen-bond acceptors (Lipinski definition) is 6. The van der Waals surface area contributed by atoms with Gasteiger partial charge in [0.05, 0.1) is 42.3 Å². The number of β-amino-alcohol motifs (C(OH)–C–C–N with tert-alkyl or cyclic N) is 1. The summed E-state index contributed by atoms with van der Waals surface area (Å²) < 4.78 is 6.98. The van der Waals surface area contributed by atoms with E-state index in [4.69, 9.17) is 9.68 Å². The van der Waals surface area contributed by atoms with Crippen molar-refractivity contribution in [3.63, 3.8) is 0 Å². The second kappa shape index (κ2) is 11.1. The van der Waals surface area contributed by atoms with Crippen molar-refractivity contribution in [2.24, 2.45) is 0 Å². The molecule has 3 aromatic carbocycles. The van der Waals surface area contributed by atoms with Crippen LogP contribution in [0.25, 0.3) is 11.1 Å². The van der Waals surface area contributed by atoms with E-state index in [9.17, 15) is 14.7 Å². The molecule has 0 bridgehead atoms. The molecule has 38 heavy (non-hydrogen) atoms. The molecule has 2 heterocycles. The number of fused-ring (bicyclic) bond motifs is 1. The van der Waals surface area contributed by atoms with Crippen molar-refractivity contribution in [1.82, 2.24) is 14.4 Å². The van der Waals surface area contributed by atoms with Crippen LogP contribution in [0.4, 0.5) is 0 Å². The average molecular weight is 511 g/mol. The van der Waals surface area contributed by atoms with Crippen LogP contribution in [0.2, 0.25) is 0 Å². The summed E-state index contributed by atoms with van der Waals surface area (Å²) in [5.74, 6) is -0.510. The van der Waals surface area contributed by atoms with Gasteiger partial charge < -0.3 is 14.4 Å². The number of rotatable bonds is 8. The van der Waals surface area contributed by atoms with E-state index < -0.39 is 5.76 Å². The molecule has 8 nitrogen and oxygen atoms in total. The second-order valence-corrected chi connectivity index (χ2v) is 9.87. The summed E-state index contributed by atoms with van der Waals surface area (Å²) in [6, 6.07) is 24.3. The number of aromatic nitrogens is 1. The first-order valence-corrected chi connectivity index (χ1v) is 12.7. The molecule has 1 fully saturated rings. The first-order chi connectivity index (χ1) is 18.4. The van der Waals surface area contributed by atoms with Gasteiger partial charge in [0.2, 0.25) is 5.91 Å². The number of likely N-dealkylation sites (tertiary alicyclic amines) is 1. The number of aliphatic hydroxyl groups excluding tert-OH is 1. The molecular weight excluding hydrogens is 480 g/mol. The fraction of sp³-hybridized carbons (Fsp3) is 0.300. The second-order valence-electron chi connectivity index (χ2n) is 9.87. The number of benzene rings is 3. The van der Waals surface area contributed by atoms with Crippen LogP contribution in [0.15, 0.2) is 82.0 Å². The van der Waals surface area contributed by atoms with Crippen LogP contribution >= 0.6 is 0 Å². The Bertz CT molecular complexity index is 1520. The number of amides is 1. The minimum atomic E-state index is -0.470. The van der Waals surface area contributed by atoms with Gasteiger partial charge in [-0.15, -0.1) is 0 Å². The Hall–Kier alpha value is -4.19. The summed E-state index contributed by atoms with van der Waals surface area (Å²) in [5.41, 5.74) is 4.34. The third-order valence-electron chi connectivity index (χ3n) is 7.23. The van der Waals surface area contributed by atoms with Crippen LogP contribution in [0, 0.1) is 11.3 Å². The maximum atomic E-state index is 13.5. The standard InChI is InChI=1S/C30H30N4O4/c1-32(27(24-5-3-2-4-6-24)20-33-14-13-25(35)19-33)29(36)16-23-11-12-28-26(15-23)34(30(37)38-28)18-22-9-7-21(17-31)8-10-22/h2-12,15,25,27,35H,13-14,16,18-20H2,1H3/t25-,27+/m0/s1. The van der Waals surface area contributed by atoms with Gasteiger partial charge in [-0.3, -0.25) is 14.3 Å². The molecule has 8 heteroatoms. The monoisotopic (exact) mass is 510 g/mol. The lowest BCUT2D eigenvalue weighted by Crippen LogP contribution is -2.39. The third-order valence-corrected chi connectivity index (χ3v) is 7.23. The molecule has 0 saturated carbocycles. The number of oxazole rings is 1. The molecule has 1 aromatic heterocycles. The molecule has 4 aromatic rings. The number of nitrogens with zero attached hydrogens (tertiary/aromatic N) is 4. The number of hydrogen-bond donors (Lipinski definition) is 1. The Balaban J connectivity index is 1.36. The van der Waals surface area contributed by atoms with Crippen LogP contribution < -0.4 is 5.76 Å². The van der Waals surface area contributed by atoms with Crippen LogP contribution in [-0.2, 0) is 17.8 Å². The molecule has 1 amide bonds. The summed E-state index contributed by atoms with van der Waals surface area (Å²) in [5, 5.41) is 19.0. The molecule has 1 saturated heterocycles. The summed E-state index contributed by atoms with van der Waals surface area (Å²) in [7, 11) is 1.82. The van der Waals surface area contributed by atoms with Gasteiger partial charge in [0.1, 0.15) is 0 Å². The fourth-order valence-electron chi connectivity index (χ4n) is 5.06. The first kappa shape index (κ1) is 25.5. The highest BCUT2D eigenvalue weighted by Crippen LogP contribution is 2.25. The van der Waals surface area contributed by atoms with Crippen molar-refractivity contribution in [2.45, 2.75) is 31.5 Å². The molecule has 1 N–H and O–H groups in total. The number of nitriles is 1. The molecule has 0 radical (unpaired) electrons. The Morgan fingerprint density at radius 3 is 2.55 bits per heavy atom. The number of likely N-dealkylation sites (N-methyl/N-ethyl adjacent to an activating group) is 1. The first-order valence-electron chi connectivity index (χ1n) is 12.7. The lowest BCUT2D eigenvalue weighted by molar-refractivity contribution is -0.131. The number of carbonyl (C=O) groups is 1. The van der Waals surface area contributed by atoms with Gasteiger partial charge in [0.15, 0.2) is 5.58 Å². The van der Waals surface area contributed by atoms with Gasteiger partial charge in [0.25, 0.3) is 0 Å². The largest absolute Gasteiger partial charge is 0.420 e. The highest BCUT2D eigenvalue weighted by molar-refractivity contribution is 5.81. The smallest absolute Gasteiger partial charge is 0.408 e. The van der Waals surface area contributed by atoms with E-state index in [0.717, 1.165) is 29.7 Å². The molecule has 0 aliphatic carbocycles. The summed E-state index contributed by atoms with van der Waals surface area (Å²) in [6.07, 6.45) is 0.596. The maximum absolute atomic E-state index is 13.5. The molecule has 2 atom stereocenters. The normalized spacial score (nSPS) is 16.4. The van der Waals surface area contributed by atoms with Crippen molar-refractivity contribution < 1.29 is 14.3 Å². The van der Waals surface area contributed by atoms with Gasteiger partial charge >= 0.3 is 5.76 Å². The van der Waals surface area contributed by atoms with Crippen molar-refractivity contribution in [3.05, 3.63) is 106 Å². The Morgan fingerprint density at radius 1 is 1.13 bits per heavy atom. The third kappa shape index (κ3) is 5.54. The van der Waals surface area contributed by atoms with E-state index in [1.807, 2.05) is 61.6 Å². The quantitative estimate of drug-likeness (QED) is 0.390. The van der Waals surface area contributed by atoms with E-state index in [1.54, 1.807) is 27.7 Å². The van der Waals surface area contributed by atoms with Crippen molar-refractivity contribution in [1.29, 1.82) is 5.26 Å². The van der Waals surface area contributed by atoms with Gasteiger partial charge in [-0.05, 0) is 47.4 Å². The summed E-state index contributed by atoms with van der Waals surface area (Å²) in [6.45, 7) is 2.36. The number of aliphatic hydroxyl groups is 1. The van der Waals surface area contributed by atoms with Crippen LogP contribution in [0.3, 0.4) is 0 Å². The fourth-order valence-corrected chi connectivity index (χ4v) is 5.06. The van der Waals surface area contributed by atoms with Gasteiger partial charge in [-0.1, -0.05) is 48.5 Å². The molecule has 0 spiro atoms. The zero-order valence-electron chi connectivity index (χ0n) is 21.3. The molecule has 0 unspecified atom stereocenters. The van der Waals surface area contributed by atoms with Crippen LogP contribution in [0.1, 0.15) is 34.7 Å². The van der Waals surface area contributed by atoms with Crippen LogP contribution in [-0.4, -0.2) is 58.2 Å². The highest BCUT2D eigenvalue weighted by Gasteiger charge is 2.28. The molecular formula is C30H30N4O4. The maximum Gasteiger partial charge on any atom is 0.420 e. The van der Waals surface area contributed by atoms with Crippen molar-refractivity contribution >= 4 is 17.0 Å². The Morgan fingerprint density at radius 2 is 1.87 bits per heavy atom. The van der Waals surface area contributed by atoms with E-state index in [0.29, 0.717) is 36.3 Å². The zero-order chi connectivity index (χ0) is 26.6. The summed E-state index contributed by atoms with van der Waals surface area (Å²) in [4.78, 5) is 30.1. The van der Waals surface area contributed by atoms with E-state index in [2.05, 4.69) is 11.0 Å². The predicted molar refractivity (Wildman–Crippen MR) is 143 cm³/mol. The topological polar surface area (TPSA) is 103 Å². The SMILES string of the molecule is CN(C(=O)Cc1ccc2oc(=O)n(Cc3ccc(C#N)cc3)c2c1)[C@H](CN1CC[C@H](O)C1)c1ccccc1. The minimum Gasteiger partial charge on any atom is -0.408 e.